The average Bonchev–Trinajstić information content (AvgIpc) is 0.983. The van der Waals surface area contributed by atoms with Gasteiger partial charge in [0.25, 0.3) is 0 Å². The van der Waals surface area contributed by atoms with E-state index >= 15 is 0 Å². The van der Waals surface area contributed by atoms with Crippen molar-refractivity contribution in [3.8, 4) is 72.4 Å². The molecule has 1 atom stereocenters. The van der Waals surface area contributed by atoms with Gasteiger partial charge in [-0.25, -0.2) is 0 Å². The van der Waals surface area contributed by atoms with Gasteiger partial charge in [0, 0.05) is 83.0 Å². The van der Waals surface area contributed by atoms with E-state index < -0.39 is 10.8 Å². The van der Waals surface area contributed by atoms with Crippen LogP contribution in [0.2, 0.25) is 0 Å². The number of nitrogens with zero attached hydrogens (tertiary/aromatic N) is 4. The molecular weight excluding hydrogens is 1590 g/mol. The number of anilines is 9. The van der Waals surface area contributed by atoms with E-state index in [0.29, 0.717) is 0 Å². The Kier molecular flexibility index (Phi) is 16.3. The molecule has 0 radical (unpaired) electrons. The zero-order valence-corrected chi connectivity index (χ0v) is 72.0. The van der Waals surface area contributed by atoms with Crippen molar-refractivity contribution in [3.05, 3.63) is 517 Å². The lowest BCUT2D eigenvalue weighted by Crippen LogP contribution is -2.36. The van der Waals surface area contributed by atoms with Crippen LogP contribution < -0.4 is 14.7 Å². The molecule has 0 N–H and O–H groups in total. The average molecular weight is 1670 g/mol. The first-order chi connectivity index (χ1) is 64.7. The number of para-hydroxylation sites is 9. The van der Waals surface area contributed by atoms with Gasteiger partial charge in [-0.05, 0) is 239 Å². The van der Waals surface area contributed by atoms with Crippen molar-refractivity contribution in [2.45, 2.75) is 30.1 Å². The summed E-state index contributed by atoms with van der Waals surface area (Å²) in [6, 6.07) is 170. The lowest BCUT2D eigenvalue weighted by atomic mass is 9.64. The fourth-order valence-corrected chi connectivity index (χ4v) is 23.5. The lowest BCUT2D eigenvalue weighted by molar-refractivity contribution is 0.660. The molecule has 2 aliphatic heterocycles. The summed E-state index contributed by atoms with van der Waals surface area (Å²) in [5, 5.41) is 7.09. The molecule has 131 heavy (non-hydrogen) atoms. The third kappa shape index (κ3) is 10.7. The molecule has 6 nitrogen and oxygen atoms in total. The van der Waals surface area contributed by atoms with Gasteiger partial charge in [-0.15, -0.1) is 0 Å². The van der Waals surface area contributed by atoms with Crippen LogP contribution in [-0.4, -0.2) is 4.57 Å². The summed E-state index contributed by atoms with van der Waals surface area (Å²) in [7, 11) is 0. The monoisotopic (exact) mass is 1670 g/mol. The Balaban J connectivity index is 0.000000135. The minimum absolute atomic E-state index is 0.151. The minimum atomic E-state index is -0.551. The van der Waals surface area contributed by atoms with Crippen LogP contribution in [0.1, 0.15) is 69.5 Å². The summed E-state index contributed by atoms with van der Waals surface area (Å²) in [4.78, 5) is 7.36. The van der Waals surface area contributed by atoms with Crippen molar-refractivity contribution in [2.75, 3.05) is 14.7 Å². The zero-order chi connectivity index (χ0) is 86.4. The highest BCUT2D eigenvalue weighted by Crippen LogP contribution is 2.67. The molecule has 28 rings (SSSR count). The van der Waals surface area contributed by atoms with Crippen molar-refractivity contribution < 1.29 is 8.83 Å². The number of rotatable bonds is 10. The SMILES string of the molecule is CC1(C)c2ccccc2-c2ccc(N(c3ccc(-c4cccc5c4oc4ccccc45)cc3)c3ccc4c(c3)-c3ccccc3C43c4ccccc4N(c4ccccc4)c4ccccc43)cc21.c1ccc(-c2ccc(N(c3ccc(-c4ccc5oc6ccccc6c5c4)cc3)c3cccc4c3-c3ccccc3C43c4ccccc4-n4c5ccccc5c5cccc3c54)cc2)cc1. The zero-order valence-electron chi connectivity index (χ0n) is 72.0. The second-order valence-electron chi connectivity index (χ2n) is 36.0. The molecule has 6 heteroatoms. The topological polar surface area (TPSA) is 40.9 Å². The van der Waals surface area contributed by atoms with Crippen LogP contribution in [0, 0.1) is 0 Å². The Bertz CT molecular complexity index is 8600. The first kappa shape index (κ1) is 74.4. The Morgan fingerprint density at radius 1 is 0.229 bits per heavy atom. The number of furan rings is 2. The second-order valence-corrected chi connectivity index (χ2v) is 36.0. The smallest absolute Gasteiger partial charge is 0.143 e. The minimum Gasteiger partial charge on any atom is -0.456 e. The van der Waals surface area contributed by atoms with Crippen molar-refractivity contribution in [1.82, 2.24) is 4.57 Å². The van der Waals surface area contributed by atoms with E-state index in [4.69, 9.17) is 8.83 Å². The van der Waals surface area contributed by atoms with E-state index in [2.05, 4.69) is 476 Å². The van der Waals surface area contributed by atoms with Gasteiger partial charge in [0.15, 0.2) is 0 Å². The van der Waals surface area contributed by atoms with Crippen LogP contribution in [-0.2, 0) is 16.2 Å². The Labute approximate surface area is 759 Å². The van der Waals surface area contributed by atoms with Crippen molar-refractivity contribution in [1.29, 1.82) is 0 Å². The van der Waals surface area contributed by atoms with Crippen LogP contribution in [0.25, 0.3) is 138 Å². The normalized spacial score (nSPS) is 14.5. The number of hydrogen-bond donors (Lipinski definition) is 0. The highest BCUT2D eigenvalue weighted by atomic mass is 16.3. The number of fused-ring (bicyclic) bond motifs is 30. The highest BCUT2D eigenvalue weighted by Gasteiger charge is 2.54. The molecule has 1 unspecified atom stereocenters. The van der Waals surface area contributed by atoms with Crippen LogP contribution in [0.4, 0.5) is 51.2 Å². The molecule has 614 valence electrons. The van der Waals surface area contributed by atoms with E-state index in [1.54, 1.807) is 0 Å². The maximum atomic E-state index is 6.52. The summed E-state index contributed by atoms with van der Waals surface area (Å²) in [6.45, 7) is 4.73. The fraction of sp³-hybridized carbons (Fsp3) is 0.0400. The molecule has 2 spiro atoms. The Morgan fingerprint density at radius 3 is 1.37 bits per heavy atom. The van der Waals surface area contributed by atoms with E-state index in [-0.39, 0.29) is 5.41 Å². The molecule has 5 aliphatic rings. The molecule has 0 fully saturated rings. The van der Waals surface area contributed by atoms with Gasteiger partial charge in [0.05, 0.1) is 44.6 Å². The van der Waals surface area contributed by atoms with Crippen LogP contribution in [0.5, 0.6) is 0 Å². The van der Waals surface area contributed by atoms with Crippen LogP contribution in [0.3, 0.4) is 0 Å². The van der Waals surface area contributed by atoms with Gasteiger partial charge >= 0.3 is 0 Å². The van der Waals surface area contributed by atoms with Crippen molar-refractivity contribution >= 4 is 117 Å². The maximum Gasteiger partial charge on any atom is 0.143 e. The quantitative estimate of drug-likeness (QED) is 0.136. The first-order valence-electron chi connectivity index (χ1n) is 45.4. The molecule has 0 bridgehead atoms. The van der Waals surface area contributed by atoms with Gasteiger partial charge < -0.3 is 28.1 Å². The molecule has 0 amide bonds. The molecule has 0 saturated heterocycles. The standard InChI is InChI=1S/C64H44N2O.C61H38N2O/c1-63(2)53-24-9-6-19-47(53)49-37-35-45(40-58(49)63)65(43-33-31-41(32-34-43)46-22-16-23-51-50-21-8-15-30-61(50)67-62(46)51)44-36-38-55-52(39-44)48-20-7-10-25-54(48)64(55)56-26-11-13-28-59(56)66(42-17-4-3-5-18-42)60-29-14-12-27-57(60)64;1-2-14-39(15-3-1)40-28-33-43(34-29-40)62(44-35-30-41(31-36-44)42-32-37-58-49(38-42)46-17-6-11-27-57(46)64-58)56-26-13-22-52-59(56)48-18-4-7-20-50(48)61(52)51-21-8-10-25-55(51)63-54-24-9-5-16-45(54)47-19-12-23-53(61)60(47)63/h3-40H,1-2H3;1-38H. The molecule has 23 aromatic rings. The van der Waals surface area contributed by atoms with Crippen molar-refractivity contribution in [3.63, 3.8) is 0 Å². The predicted molar refractivity (Wildman–Crippen MR) is 541 cm³/mol. The summed E-state index contributed by atoms with van der Waals surface area (Å²) in [5.41, 5.74) is 44.0. The molecule has 0 saturated carbocycles. The highest BCUT2D eigenvalue weighted by molar-refractivity contribution is 6.15. The number of benzene rings is 20. The third-order valence-electron chi connectivity index (χ3n) is 29.1. The van der Waals surface area contributed by atoms with E-state index in [0.717, 1.165) is 106 Å². The van der Waals surface area contributed by atoms with E-state index in [9.17, 15) is 0 Å². The summed E-state index contributed by atoms with van der Waals surface area (Å²) in [5.74, 6) is 0. The summed E-state index contributed by atoms with van der Waals surface area (Å²) < 4.78 is 15.2. The molecule has 20 aromatic carbocycles. The van der Waals surface area contributed by atoms with Gasteiger partial charge in [0.2, 0.25) is 0 Å². The largest absolute Gasteiger partial charge is 0.456 e. The molecule has 5 heterocycles. The third-order valence-corrected chi connectivity index (χ3v) is 29.1. The fourth-order valence-electron chi connectivity index (χ4n) is 23.5. The summed E-state index contributed by atoms with van der Waals surface area (Å²) >= 11 is 0. The predicted octanol–water partition coefficient (Wildman–Crippen LogP) is 33.3. The number of hydrogen-bond acceptors (Lipinski definition) is 5. The van der Waals surface area contributed by atoms with E-state index in [1.807, 2.05) is 18.2 Å². The first-order valence-corrected chi connectivity index (χ1v) is 45.4. The van der Waals surface area contributed by atoms with Gasteiger partial charge in [-0.3, -0.25) is 0 Å². The number of aromatic nitrogens is 1. The van der Waals surface area contributed by atoms with Gasteiger partial charge in [-0.2, -0.15) is 0 Å². The lowest BCUT2D eigenvalue weighted by Gasteiger charge is -2.45. The second kappa shape index (κ2) is 28.6. The maximum absolute atomic E-state index is 6.52. The molecular formula is C125H82N4O2. The Morgan fingerprint density at radius 2 is 0.664 bits per heavy atom. The van der Waals surface area contributed by atoms with E-state index in [1.165, 1.54) is 139 Å². The van der Waals surface area contributed by atoms with Crippen LogP contribution >= 0.6 is 0 Å². The Hall–Kier alpha value is -16.8. The molecule has 3 aliphatic carbocycles. The van der Waals surface area contributed by atoms with Crippen molar-refractivity contribution in [2.24, 2.45) is 0 Å². The molecule has 3 aromatic heterocycles. The van der Waals surface area contributed by atoms with Crippen LogP contribution in [0.15, 0.2) is 470 Å². The van der Waals surface area contributed by atoms with Gasteiger partial charge in [-0.1, -0.05) is 347 Å². The van der Waals surface area contributed by atoms with Gasteiger partial charge in [0.1, 0.15) is 22.3 Å². The summed E-state index contributed by atoms with van der Waals surface area (Å²) in [6.07, 6.45) is 0.